The summed E-state index contributed by atoms with van der Waals surface area (Å²) < 4.78 is 12.3. The quantitative estimate of drug-likeness (QED) is 0.496. The van der Waals surface area contributed by atoms with E-state index in [4.69, 9.17) is 9.47 Å². The lowest BCUT2D eigenvalue weighted by Crippen LogP contribution is -2.22. The van der Waals surface area contributed by atoms with Gasteiger partial charge in [-0.2, -0.15) is 0 Å². The van der Waals surface area contributed by atoms with Crippen LogP contribution in [0.25, 0.3) is 16.6 Å². The number of fused-ring (bicyclic) bond motifs is 1. The summed E-state index contributed by atoms with van der Waals surface area (Å²) in [7, 11) is 3.17. The summed E-state index contributed by atoms with van der Waals surface area (Å²) >= 11 is 0. The molecular formula is C24H23N3O4. The molecule has 1 N–H and O–H groups in total. The van der Waals surface area contributed by atoms with E-state index in [1.54, 1.807) is 26.4 Å². The van der Waals surface area contributed by atoms with Crippen LogP contribution in [0, 0.1) is 0 Å². The third-order valence-electron chi connectivity index (χ3n) is 5.06. The van der Waals surface area contributed by atoms with Gasteiger partial charge in [-0.1, -0.05) is 18.2 Å². The van der Waals surface area contributed by atoms with Gasteiger partial charge in [0, 0.05) is 36.1 Å². The van der Waals surface area contributed by atoms with Crippen LogP contribution in [0.15, 0.2) is 77.9 Å². The zero-order valence-corrected chi connectivity index (χ0v) is 17.4. The summed E-state index contributed by atoms with van der Waals surface area (Å²) in [4.78, 5) is 19.6. The van der Waals surface area contributed by atoms with E-state index in [1.807, 2.05) is 59.5 Å². The van der Waals surface area contributed by atoms with Crippen LogP contribution in [-0.2, 0) is 0 Å². The number of aliphatic hydroxyl groups is 1. The van der Waals surface area contributed by atoms with Gasteiger partial charge in [0.05, 0.1) is 37.4 Å². The van der Waals surface area contributed by atoms with Gasteiger partial charge in [0.25, 0.3) is 5.56 Å². The first-order valence-electron chi connectivity index (χ1n) is 9.83. The van der Waals surface area contributed by atoms with E-state index in [0.29, 0.717) is 28.9 Å². The maximum Gasteiger partial charge on any atom is 0.265 e. The van der Waals surface area contributed by atoms with Crippen molar-refractivity contribution < 1.29 is 14.6 Å². The Kier molecular flexibility index (Phi) is 5.86. The molecule has 0 radical (unpaired) electrons. The molecule has 1 heterocycles. The Balaban J connectivity index is 1.85. The van der Waals surface area contributed by atoms with Gasteiger partial charge >= 0.3 is 0 Å². The predicted molar refractivity (Wildman–Crippen MR) is 121 cm³/mol. The molecule has 158 valence electrons. The van der Waals surface area contributed by atoms with Crippen LogP contribution < -0.4 is 19.9 Å². The number of hydrogen-bond donors (Lipinski definition) is 1. The fourth-order valence-electron chi connectivity index (χ4n) is 3.51. The molecule has 0 aliphatic heterocycles. The second-order valence-corrected chi connectivity index (χ2v) is 6.90. The maximum atomic E-state index is 13.2. The van der Waals surface area contributed by atoms with Crippen LogP contribution in [0.5, 0.6) is 11.5 Å². The number of anilines is 2. The molecule has 0 unspecified atom stereocenters. The minimum Gasteiger partial charge on any atom is -0.497 e. The zero-order valence-electron chi connectivity index (χ0n) is 17.4. The van der Waals surface area contributed by atoms with Gasteiger partial charge in [-0.15, -0.1) is 0 Å². The van der Waals surface area contributed by atoms with Crippen molar-refractivity contribution in [3.63, 3.8) is 0 Å². The highest BCUT2D eigenvalue weighted by molar-refractivity contribution is 5.83. The van der Waals surface area contributed by atoms with Gasteiger partial charge in [0.1, 0.15) is 17.8 Å². The van der Waals surface area contributed by atoms with E-state index in [1.165, 1.54) is 10.9 Å². The number of aliphatic hydroxyl groups excluding tert-OH is 1. The Bertz CT molecular complexity index is 1230. The SMILES string of the molecule is COc1cc(OC)cc(N(CCO)c2ccc3ncn(-c4ccccc4)c(=O)c3c2)c1. The molecule has 31 heavy (non-hydrogen) atoms. The lowest BCUT2D eigenvalue weighted by Gasteiger charge is -2.25. The number of benzene rings is 3. The van der Waals surface area contributed by atoms with Crippen LogP contribution >= 0.6 is 0 Å². The van der Waals surface area contributed by atoms with E-state index >= 15 is 0 Å². The minimum absolute atomic E-state index is 0.0706. The molecule has 0 aliphatic carbocycles. The van der Waals surface area contributed by atoms with Crippen LogP contribution in [0.4, 0.5) is 11.4 Å². The molecule has 0 spiro atoms. The van der Waals surface area contributed by atoms with Gasteiger partial charge in [-0.25, -0.2) is 4.98 Å². The highest BCUT2D eigenvalue weighted by atomic mass is 16.5. The number of aromatic nitrogens is 2. The van der Waals surface area contributed by atoms with Crippen molar-refractivity contribution in [2.24, 2.45) is 0 Å². The number of para-hydroxylation sites is 1. The van der Waals surface area contributed by atoms with Crippen molar-refractivity contribution in [3.05, 3.63) is 83.4 Å². The summed E-state index contributed by atoms with van der Waals surface area (Å²) in [6, 6.07) is 20.3. The summed E-state index contributed by atoms with van der Waals surface area (Å²) in [6.45, 7) is 0.258. The number of ether oxygens (including phenoxy) is 2. The summed E-state index contributed by atoms with van der Waals surface area (Å²) in [5, 5.41) is 10.2. The summed E-state index contributed by atoms with van der Waals surface area (Å²) in [5.41, 5.74) is 2.72. The Morgan fingerprint density at radius 2 is 1.65 bits per heavy atom. The maximum absolute atomic E-state index is 13.2. The molecule has 0 atom stereocenters. The van der Waals surface area contributed by atoms with Crippen LogP contribution in [0.3, 0.4) is 0 Å². The van der Waals surface area contributed by atoms with Gasteiger partial charge in [0.2, 0.25) is 0 Å². The normalized spacial score (nSPS) is 10.8. The van der Waals surface area contributed by atoms with Gasteiger partial charge in [-0.05, 0) is 30.3 Å². The molecule has 0 aliphatic rings. The standard InChI is InChI=1S/C24H23N3O4/c1-30-20-12-19(13-21(15-20)31-2)26(10-11-28)18-8-9-23-22(14-18)24(29)27(16-25-23)17-6-4-3-5-7-17/h3-9,12-16,28H,10-11H2,1-2H3. The molecule has 0 saturated heterocycles. The van der Waals surface area contributed by atoms with Crippen molar-refractivity contribution in [3.8, 4) is 17.2 Å². The van der Waals surface area contributed by atoms with E-state index < -0.39 is 0 Å². The van der Waals surface area contributed by atoms with Crippen LogP contribution in [0.2, 0.25) is 0 Å². The van der Waals surface area contributed by atoms with Crippen molar-refractivity contribution in [2.45, 2.75) is 0 Å². The van der Waals surface area contributed by atoms with Gasteiger partial charge in [-0.3, -0.25) is 9.36 Å². The average Bonchev–Trinajstić information content (AvgIpc) is 2.83. The first-order valence-corrected chi connectivity index (χ1v) is 9.83. The van der Waals surface area contributed by atoms with Crippen LogP contribution in [0.1, 0.15) is 0 Å². The van der Waals surface area contributed by atoms with Crippen molar-refractivity contribution in [1.29, 1.82) is 0 Å². The van der Waals surface area contributed by atoms with Crippen molar-refractivity contribution in [1.82, 2.24) is 9.55 Å². The first kappa shape index (κ1) is 20.4. The molecule has 4 rings (SSSR count). The average molecular weight is 417 g/mol. The Morgan fingerprint density at radius 3 is 2.29 bits per heavy atom. The largest absolute Gasteiger partial charge is 0.497 e. The third-order valence-corrected chi connectivity index (χ3v) is 5.06. The molecule has 0 amide bonds. The summed E-state index contributed by atoms with van der Waals surface area (Å²) in [5.74, 6) is 1.26. The Morgan fingerprint density at radius 1 is 0.935 bits per heavy atom. The summed E-state index contributed by atoms with van der Waals surface area (Å²) in [6.07, 6.45) is 1.54. The molecule has 0 bridgehead atoms. The third kappa shape index (κ3) is 4.08. The van der Waals surface area contributed by atoms with E-state index in [0.717, 1.165) is 17.1 Å². The molecule has 0 fully saturated rings. The fraction of sp³-hybridized carbons (Fsp3) is 0.167. The highest BCUT2D eigenvalue weighted by Gasteiger charge is 2.14. The second-order valence-electron chi connectivity index (χ2n) is 6.90. The van der Waals surface area contributed by atoms with Crippen molar-refractivity contribution >= 4 is 22.3 Å². The zero-order chi connectivity index (χ0) is 21.8. The lowest BCUT2D eigenvalue weighted by atomic mass is 10.1. The van der Waals surface area contributed by atoms with Gasteiger partial charge < -0.3 is 19.5 Å². The first-order chi connectivity index (χ1) is 15.1. The molecule has 7 heteroatoms. The Hall–Kier alpha value is -3.84. The molecule has 1 aromatic heterocycles. The van der Waals surface area contributed by atoms with E-state index in [9.17, 15) is 9.90 Å². The highest BCUT2D eigenvalue weighted by Crippen LogP contribution is 2.33. The van der Waals surface area contributed by atoms with Crippen molar-refractivity contribution in [2.75, 3.05) is 32.3 Å². The number of methoxy groups -OCH3 is 2. The monoisotopic (exact) mass is 417 g/mol. The number of hydrogen-bond acceptors (Lipinski definition) is 6. The Labute approximate surface area is 179 Å². The molecule has 0 saturated carbocycles. The predicted octanol–water partition coefficient (Wildman–Crippen LogP) is 3.53. The van der Waals surface area contributed by atoms with Gasteiger partial charge in [0.15, 0.2) is 0 Å². The van der Waals surface area contributed by atoms with Crippen LogP contribution in [-0.4, -0.2) is 42.0 Å². The second kappa shape index (κ2) is 8.89. The molecule has 3 aromatic carbocycles. The smallest absolute Gasteiger partial charge is 0.265 e. The minimum atomic E-state index is -0.162. The van der Waals surface area contributed by atoms with E-state index in [-0.39, 0.29) is 12.2 Å². The topological polar surface area (TPSA) is 76.8 Å². The lowest BCUT2D eigenvalue weighted by molar-refractivity contribution is 0.305. The van der Waals surface area contributed by atoms with E-state index in [2.05, 4.69) is 4.98 Å². The number of nitrogens with zero attached hydrogens (tertiary/aromatic N) is 3. The fourth-order valence-corrected chi connectivity index (χ4v) is 3.51. The molecular weight excluding hydrogens is 394 g/mol. The molecule has 4 aromatic rings. The molecule has 7 nitrogen and oxygen atoms in total. The number of rotatable bonds is 7.